The molecule has 0 saturated heterocycles. The molecular formula is C14H14N2O2. The first-order valence-corrected chi connectivity index (χ1v) is 5.53. The van der Waals surface area contributed by atoms with Crippen molar-refractivity contribution in [1.82, 2.24) is 0 Å². The maximum Gasteiger partial charge on any atom is 0.128 e. The summed E-state index contributed by atoms with van der Waals surface area (Å²) in [6, 6.07) is 12.2. The molecule has 0 radical (unpaired) electrons. The highest BCUT2D eigenvalue weighted by Gasteiger charge is 1.98. The van der Waals surface area contributed by atoms with Crippen LogP contribution in [0.3, 0.4) is 0 Å². The molecule has 0 aliphatic heterocycles. The van der Waals surface area contributed by atoms with Gasteiger partial charge >= 0.3 is 0 Å². The second-order valence-corrected chi connectivity index (χ2v) is 3.98. The van der Waals surface area contributed by atoms with Gasteiger partial charge in [-0.05, 0) is 31.2 Å². The Balaban J connectivity index is 2.05. The van der Waals surface area contributed by atoms with Crippen LogP contribution in [0.25, 0.3) is 0 Å². The molecule has 0 atom stereocenters. The van der Waals surface area contributed by atoms with E-state index >= 15 is 0 Å². The number of hydrazone groups is 1. The molecule has 92 valence electrons. The molecule has 2 aromatic carbocycles. The Morgan fingerprint density at radius 2 is 1.78 bits per heavy atom. The summed E-state index contributed by atoms with van der Waals surface area (Å²) >= 11 is 0. The Labute approximate surface area is 105 Å². The lowest BCUT2D eigenvalue weighted by atomic mass is 10.2. The fraction of sp³-hybridized carbons (Fsp3) is 0.0714. The lowest BCUT2D eigenvalue weighted by Gasteiger charge is -2.01. The van der Waals surface area contributed by atoms with Crippen LogP contribution in [-0.2, 0) is 0 Å². The van der Waals surface area contributed by atoms with E-state index in [1.54, 1.807) is 6.07 Å². The normalized spacial score (nSPS) is 10.7. The van der Waals surface area contributed by atoms with Crippen LogP contribution >= 0.6 is 0 Å². The van der Waals surface area contributed by atoms with Crippen molar-refractivity contribution >= 4 is 11.9 Å². The van der Waals surface area contributed by atoms with Gasteiger partial charge in [0.05, 0.1) is 11.9 Å². The first-order chi connectivity index (χ1) is 8.65. The summed E-state index contributed by atoms with van der Waals surface area (Å²) in [5, 5.41) is 22.7. The van der Waals surface area contributed by atoms with E-state index in [0.29, 0.717) is 5.56 Å². The minimum atomic E-state index is -0.00976. The molecule has 2 rings (SSSR count). The summed E-state index contributed by atoms with van der Waals surface area (Å²) < 4.78 is 0. The number of anilines is 1. The van der Waals surface area contributed by atoms with Crippen LogP contribution in [0.1, 0.15) is 11.1 Å². The highest BCUT2D eigenvalue weighted by molar-refractivity contribution is 5.84. The van der Waals surface area contributed by atoms with Crippen molar-refractivity contribution in [3.05, 3.63) is 53.6 Å². The lowest BCUT2D eigenvalue weighted by molar-refractivity contribution is 0.450. The van der Waals surface area contributed by atoms with Crippen molar-refractivity contribution in [2.75, 3.05) is 5.43 Å². The molecule has 0 heterocycles. The average Bonchev–Trinajstić information content (AvgIpc) is 2.34. The van der Waals surface area contributed by atoms with Crippen LogP contribution in [0, 0.1) is 6.92 Å². The minimum absolute atomic E-state index is 0.00976. The van der Waals surface area contributed by atoms with Gasteiger partial charge in [0.25, 0.3) is 0 Å². The first kappa shape index (κ1) is 12.0. The van der Waals surface area contributed by atoms with E-state index in [0.717, 1.165) is 5.69 Å². The molecule has 0 fully saturated rings. The van der Waals surface area contributed by atoms with Crippen LogP contribution in [-0.4, -0.2) is 16.4 Å². The molecule has 0 aromatic heterocycles. The molecular weight excluding hydrogens is 228 g/mol. The minimum Gasteiger partial charge on any atom is -0.508 e. The predicted octanol–water partition coefficient (Wildman–Crippen LogP) is 2.85. The number of rotatable bonds is 3. The first-order valence-electron chi connectivity index (χ1n) is 5.53. The summed E-state index contributed by atoms with van der Waals surface area (Å²) in [5.41, 5.74) is 5.44. The van der Waals surface area contributed by atoms with E-state index in [1.807, 2.05) is 31.2 Å². The Morgan fingerprint density at radius 3 is 2.44 bits per heavy atom. The molecule has 0 bridgehead atoms. The lowest BCUT2D eigenvalue weighted by Crippen LogP contribution is -1.90. The Morgan fingerprint density at radius 1 is 1.06 bits per heavy atom. The zero-order chi connectivity index (χ0) is 13.0. The molecule has 0 saturated carbocycles. The van der Waals surface area contributed by atoms with Crippen molar-refractivity contribution in [2.24, 2.45) is 5.10 Å². The van der Waals surface area contributed by atoms with Crippen LogP contribution in [0.5, 0.6) is 11.5 Å². The van der Waals surface area contributed by atoms with Gasteiger partial charge in [-0.3, -0.25) is 5.43 Å². The molecule has 0 spiro atoms. The highest BCUT2D eigenvalue weighted by Crippen LogP contribution is 2.20. The van der Waals surface area contributed by atoms with Crippen molar-refractivity contribution in [2.45, 2.75) is 6.92 Å². The Kier molecular flexibility index (Phi) is 3.48. The zero-order valence-electron chi connectivity index (χ0n) is 9.96. The summed E-state index contributed by atoms with van der Waals surface area (Å²) in [5.74, 6) is 0.0144. The summed E-state index contributed by atoms with van der Waals surface area (Å²) in [6.45, 7) is 2.02. The SMILES string of the molecule is Cc1ccc(NN=Cc2ccc(O)cc2O)cc1. The molecule has 3 N–H and O–H groups in total. The van der Waals surface area contributed by atoms with E-state index in [4.69, 9.17) is 5.11 Å². The van der Waals surface area contributed by atoms with Crippen molar-refractivity contribution < 1.29 is 10.2 Å². The van der Waals surface area contributed by atoms with E-state index in [1.165, 1.54) is 23.9 Å². The van der Waals surface area contributed by atoms with Crippen LogP contribution in [0.4, 0.5) is 5.69 Å². The third-order valence-electron chi connectivity index (χ3n) is 2.46. The van der Waals surface area contributed by atoms with Gasteiger partial charge in [-0.15, -0.1) is 0 Å². The molecule has 2 aromatic rings. The number of aryl methyl sites for hydroxylation is 1. The van der Waals surface area contributed by atoms with Crippen LogP contribution in [0.2, 0.25) is 0 Å². The number of hydrogen-bond acceptors (Lipinski definition) is 4. The van der Waals surface area contributed by atoms with E-state index < -0.39 is 0 Å². The average molecular weight is 242 g/mol. The third kappa shape index (κ3) is 3.01. The number of nitrogens with one attached hydrogen (secondary N) is 1. The van der Waals surface area contributed by atoms with Gasteiger partial charge in [-0.25, -0.2) is 0 Å². The fourth-order valence-electron chi connectivity index (χ4n) is 1.45. The second kappa shape index (κ2) is 5.23. The highest BCUT2D eigenvalue weighted by atomic mass is 16.3. The molecule has 0 aliphatic carbocycles. The van der Waals surface area contributed by atoms with Crippen molar-refractivity contribution in [3.8, 4) is 11.5 Å². The monoisotopic (exact) mass is 242 g/mol. The zero-order valence-corrected chi connectivity index (χ0v) is 9.96. The quantitative estimate of drug-likeness (QED) is 0.572. The topological polar surface area (TPSA) is 64.9 Å². The standard InChI is InChI=1S/C14H14N2O2/c1-10-2-5-12(6-3-10)16-15-9-11-4-7-13(17)8-14(11)18/h2-9,16-18H,1H3. The van der Waals surface area contributed by atoms with Crippen LogP contribution < -0.4 is 5.43 Å². The maximum atomic E-state index is 9.55. The predicted molar refractivity (Wildman–Crippen MR) is 72.2 cm³/mol. The van der Waals surface area contributed by atoms with Gasteiger partial charge < -0.3 is 10.2 Å². The molecule has 0 aliphatic rings. The summed E-state index contributed by atoms with van der Waals surface area (Å²) in [7, 11) is 0. The van der Waals surface area contributed by atoms with Gasteiger partial charge in [0.2, 0.25) is 0 Å². The van der Waals surface area contributed by atoms with Gasteiger partial charge in [0.15, 0.2) is 0 Å². The van der Waals surface area contributed by atoms with Gasteiger partial charge in [0, 0.05) is 11.6 Å². The largest absolute Gasteiger partial charge is 0.508 e. The van der Waals surface area contributed by atoms with E-state index in [-0.39, 0.29) is 11.5 Å². The Bertz CT molecular complexity index is 563. The number of phenols is 2. The second-order valence-electron chi connectivity index (χ2n) is 3.98. The number of aromatic hydroxyl groups is 2. The molecule has 18 heavy (non-hydrogen) atoms. The maximum absolute atomic E-state index is 9.55. The van der Waals surface area contributed by atoms with Gasteiger partial charge in [-0.1, -0.05) is 17.7 Å². The van der Waals surface area contributed by atoms with E-state index in [9.17, 15) is 5.11 Å². The van der Waals surface area contributed by atoms with Crippen LogP contribution in [0.15, 0.2) is 47.6 Å². The molecule has 0 amide bonds. The smallest absolute Gasteiger partial charge is 0.128 e. The van der Waals surface area contributed by atoms with E-state index in [2.05, 4.69) is 10.5 Å². The number of phenolic OH excluding ortho intramolecular Hbond substituents is 2. The van der Waals surface area contributed by atoms with Crippen molar-refractivity contribution in [3.63, 3.8) is 0 Å². The molecule has 0 unspecified atom stereocenters. The summed E-state index contributed by atoms with van der Waals surface area (Å²) in [4.78, 5) is 0. The number of hydrogen-bond donors (Lipinski definition) is 3. The Hall–Kier alpha value is -2.49. The number of benzene rings is 2. The molecule has 4 heteroatoms. The van der Waals surface area contributed by atoms with Gasteiger partial charge in [-0.2, -0.15) is 5.10 Å². The summed E-state index contributed by atoms with van der Waals surface area (Å²) in [6.07, 6.45) is 1.49. The number of nitrogens with zero attached hydrogens (tertiary/aromatic N) is 1. The van der Waals surface area contributed by atoms with Crippen molar-refractivity contribution in [1.29, 1.82) is 0 Å². The van der Waals surface area contributed by atoms with Gasteiger partial charge in [0.1, 0.15) is 11.5 Å². The fourth-order valence-corrected chi connectivity index (χ4v) is 1.45. The molecule has 4 nitrogen and oxygen atoms in total. The third-order valence-corrected chi connectivity index (χ3v) is 2.46.